The van der Waals surface area contributed by atoms with Gasteiger partial charge in [0.05, 0.1) is 28.1 Å². The molecule has 3 nitrogen and oxygen atoms in total. The number of nitrogens with zero attached hydrogens (tertiary/aromatic N) is 2. The van der Waals surface area contributed by atoms with Crippen molar-refractivity contribution in [1.82, 2.24) is 9.78 Å². The summed E-state index contributed by atoms with van der Waals surface area (Å²) < 4.78 is 14.9. The number of halogens is 2. The summed E-state index contributed by atoms with van der Waals surface area (Å²) in [5, 5.41) is 5.07. The highest BCUT2D eigenvalue weighted by Gasteiger charge is 2.16. The summed E-state index contributed by atoms with van der Waals surface area (Å²) >= 11 is 13.9. The fourth-order valence-electron chi connectivity index (χ4n) is 2.42. The number of aromatic nitrogens is 2. The van der Waals surface area contributed by atoms with Crippen molar-refractivity contribution in [3.8, 4) is 0 Å². The smallest absolute Gasteiger partial charge is 0.131 e. The number of rotatable bonds is 6. The van der Waals surface area contributed by atoms with Crippen molar-refractivity contribution in [3.05, 3.63) is 73.7 Å². The molecule has 0 bridgehead atoms. The van der Waals surface area contributed by atoms with Gasteiger partial charge in [-0.1, -0.05) is 53.5 Å². The van der Waals surface area contributed by atoms with Crippen LogP contribution >= 0.6 is 34.5 Å². The van der Waals surface area contributed by atoms with Crippen LogP contribution in [0.2, 0.25) is 9.49 Å². The molecule has 3 rings (SSSR count). The Labute approximate surface area is 157 Å². The molecule has 7 heteroatoms. The van der Waals surface area contributed by atoms with Gasteiger partial charge in [-0.25, -0.2) is 4.68 Å². The Kier molecular flexibility index (Phi) is 5.76. The number of thiophene rings is 1. The van der Waals surface area contributed by atoms with Crippen molar-refractivity contribution in [2.75, 3.05) is 0 Å². The third-order valence-corrected chi connectivity index (χ3v) is 6.68. The zero-order chi connectivity index (χ0) is 17.1. The second-order valence-corrected chi connectivity index (χ2v) is 9.05. The minimum Gasteiger partial charge on any atom is -0.259 e. The third-order valence-electron chi connectivity index (χ3n) is 3.60. The van der Waals surface area contributed by atoms with Gasteiger partial charge in [0.25, 0.3) is 0 Å². The predicted octanol–water partition coefficient (Wildman–Crippen LogP) is 5.06. The molecule has 126 valence electrons. The highest BCUT2D eigenvalue weighted by Crippen LogP contribution is 2.26. The van der Waals surface area contributed by atoms with Gasteiger partial charge in [-0.15, -0.1) is 11.3 Å². The van der Waals surface area contributed by atoms with Crippen LogP contribution in [0.4, 0.5) is 0 Å². The highest BCUT2D eigenvalue weighted by atomic mass is 35.5. The second-order valence-electron chi connectivity index (χ2n) is 5.43. The molecule has 0 spiro atoms. The van der Waals surface area contributed by atoms with Gasteiger partial charge in [0.2, 0.25) is 0 Å². The standard InChI is InChI=1S/C17H16Cl2N2OS2/c1-12-15(11-24(22)10-14-7-8-16(18)23-14)17(19)21(20-12)9-13-5-3-2-4-6-13/h2-8H,9-11H2,1H3. The van der Waals surface area contributed by atoms with Gasteiger partial charge in [0.15, 0.2) is 0 Å². The first-order chi connectivity index (χ1) is 11.5. The minimum absolute atomic E-state index is 0.398. The molecule has 0 amide bonds. The zero-order valence-corrected chi connectivity index (χ0v) is 16.2. The number of hydrogen-bond acceptors (Lipinski definition) is 3. The Bertz CT molecular complexity index is 859. The lowest BCUT2D eigenvalue weighted by Crippen LogP contribution is -2.02. The van der Waals surface area contributed by atoms with E-state index < -0.39 is 10.8 Å². The molecule has 2 heterocycles. The molecule has 1 atom stereocenters. The highest BCUT2D eigenvalue weighted by molar-refractivity contribution is 7.83. The van der Waals surface area contributed by atoms with E-state index in [0.717, 1.165) is 21.7 Å². The largest absolute Gasteiger partial charge is 0.259 e. The van der Waals surface area contributed by atoms with Crippen LogP contribution < -0.4 is 0 Å². The molecule has 1 aromatic carbocycles. The average Bonchev–Trinajstić information content (AvgIpc) is 3.07. The van der Waals surface area contributed by atoms with Crippen LogP contribution in [0.3, 0.4) is 0 Å². The quantitative estimate of drug-likeness (QED) is 0.581. The maximum atomic E-state index is 12.4. The first-order valence-electron chi connectivity index (χ1n) is 7.38. The molecule has 1 unspecified atom stereocenters. The molecule has 0 aliphatic heterocycles. The van der Waals surface area contributed by atoms with E-state index in [1.54, 1.807) is 4.68 Å². The monoisotopic (exact) mass is 398 g/mol. The molecule has 0 saturated heterocycles. The summed E-state index contributed by atoms with van der Waals surface area (Å²) in [6.07, 6.45) is 0. The number of benzene rings is 1. The SMILES string of the molecule is Cc1nn(Cc2ccccc2)c(Cl)c1CS(=O)Cc1ccc(Cl)s1. The maximum absolute atomic E-state index is 12.4. The first kappa shape index (κ1) is 17.7. The molecule has 0 N–H and O–H groups in total. The Morgan fingerprint density at radius 2 is 1.88 bits per heavy atom. The lowest BCUT2D eigenvalue weighted by atomic mass is 10.2. The lowest BCUT2D eigenvalue weighted by molar-refractivity contribution is 0.679. The molecule has 24 heavy (non-hydrogen) atoms. The maximum Gasteiger partial charge on any atom is 0.131 e. The zero-order valence-electron chi connectivity index (χ0n) is 13.0. The molecule has 0 saturated carbocycles. The van der Waals surface area contributed by atoms with Crippen molar-refractivity contribution >= 4 is 45.3 Å². The van der Waals surface area contributed by atoms with E-state index in [2.05, 4.69) is 5.10 Å². The molecule has 0 fully saturated rings. The van der Waals surface area contributed by atoms with Crippen LogP contribution in [-0.4, -0.2) is 14.0 Å². The first-order valence-corrected chi connectivity index (χ1v) is 10.4. The Morgan fingerprint density at radius 3 is 2.54 bits per heavy atom. The molecular weight excluding hydrogens is 383 g/mol. The summed E-state index contributed by atoms with van der Waals surface area (Å²) in [5.41, 5.74) is 2.81. The van der Waals surface area contributed by atoms with Crippen molar-refractivity contribution in [2.45, 2.75) is 25.0 Å². The summed E-state index contributed by atoms with van der Waals surface area (Å²) in [5.74, 6) is 0.881. The predicted molar refractivity (Wildman–Crippen MR) is 102 cm³/mol. The van der Waals surface area contributed by atoms with Crippen molar-refractivity contribution < 1.29 is 4.21 Å². The van der Waals surface area contributed by atoms with Crippen LogP contribution in [0, 0.1) is 6.92 Å². The van der Waals surface area contributed by atoms with Gasteiger partial charge in [-0.3, -0.25) is 4.21 Å². The molecule has 0 aliphatic rings. The lowest BCUT2D eigenvalue weighted by Gasteiger charge is -2.04. The van der Waals surface area contributed by atoms with E-state index in [1.807, 2.05) is 49.4 Å². The average molecular weight is 399 g/mol. The Balaban J connectivity index is 1.73. The molecule has 2 aromatic heterocycles. The van der Waals surface area contributed by atoms with Crippen LogP contribution in [0.15, 0.2) is 42.5 Å². The second kappa shape index (κ2) is 7.83. The third kappa shape index (κ3) is 4.28. The van der Waals surface area contributed by atoms with Gasteiger partial charge in [-0.05, 0) is 24.6 Å². The van der Waals surface area contributed by atoms with Crippen molar-refractivity contribution in [1.29, 1.82) is 0 Å². The Hall–Kier alpha value is -1.14. The summed E-state index contributed by atoms with van der Waals surface area (Å²) in [6.45, 7) is 2.51. The van der Waals surface area contributed by atoms with Crippen LogP contribution in [0.1, 0.15) is 21.7 Å². The van der Waals surface area contributed by atoms with Gasteiger partial charge in [0.1, 0.15) is 5.15 Å². The van der Waals surface area contributed by atoms with Gasteiger partial charge in [0, 0.05) is 21.2 Å². The normalized spacial score (nSPS) is 12.5. The fourth-order valence-corrected chi connectivity index (χ4v) is 5.49. The number of aryl methyl sites for hydroxylation is 1. The van der Waals surface area contributed by atoms with E-state index in [0.29, 0.717) is 27.5 Å². The van der Waals surface area contributed by atoms with Crippen LogP contribution in [0.5, 0.6) is 0 Å². The summed E-state index contributed by atoms with van der Waals surface area (Å²) in [6, 6.07) is 13.8. The molecule has 3 aromatic rings. The summed E-state index contributed by atoms with van der Waals surface area (Å²) in [4.78, 5) is 1.02. The summed E-state index contributed by atoms with van der Waals surface area (Å²) in [7, 11) is -1.05. The van der Waals surface area contributed by atoms with Crippen molar-refractivity contribution in [3.63, 3.8) is 0 Å². The van der Waals surface area contributed by atoms with Gasteiger partial charge >= 0.3 is 0 Å². The van der Waals surface area contributed by atoms with E-state index in [9.17, 15) is 4.21 Å². The van der Waals surface area contributed by atoms with Crippen LogP contribution in [-0.2, 0) is 28.9 Å². The van der Waals surface area contributed by atoms with E-state index in [4.69, 9.17) is 23.2 Å². The fraction of sp³-hybridized carbons (Fsp3) is 0.235. The molecular formula is C17H16Cl2N2OS2. The van der Waals surface area contributed by atoms with E-state index in [-0.39, 0.29) is 0 Å². The Morgan fingerprint density at radius 1 is 1.12 bits per heavy atom. The van der Waals surface area contributed by atoms with Gasteiger partial charge in [-0.2, -0.15) is 5.10 Å². The molecule has 0 aliphatic carbocycles. The topological polar surface area (TPSA) is 34.9 Å². The minimum atomic E-state index is -1.05. The van der Waals surface area contributed by atoms with Crippen molar-refractivity contribution in [2.24, 2.45) is 0 Å². The molecule has 0 radical (unpaired) electrons. The van der Waals surface area contributed by atoms with E-state index in [1.165, 1.54) is 11.3 Å². The van der Waals surface area contributed by atoms with Crippen LogP contribution in [0.25, 0.3) is 0 Å². The van der Waals surface area contributed by atoms with Gasteiger partial charge < -0.3 is 0 Å². The van der Waals surface area contributed by atoms with E-state index >= 15 is 0 Å². The number of hydrogen-bond donors (Lipinski definition) is 0.